The lowest BCUT2D eigenvalue weighted by Gasteiger charge is -2.05. The minimum absolute atomic E-state index is 0.203. The lowest BCUT2D eigenvalue weighted by molar-refractivity contribution is 0.0945. The first kappa shape index (κ1) is 13.2. The Morgan fingerprint density at radius 2 is 1.89 bits per heavy atom. The van der Waals surface area contributed by atoms with E-state index in [0.29, 0.717) is 12.2 Å². The third kappa shape index (κ3) is 3.88. The fourth-order valence-electron chi connectivity index (χ4n) is 1.80. The van der Waals surface area contributed by atoms with E-state index in [9.17, 15) is 4.79 Å². The van der Waals surface area contributed by atoms with Gasteiger partial charge in [-0.2, -0.15) is 0 Å². The Balaban J connectivity index is 1.90. The van der Waals surface area contributed by atoms with Gasteiger partial charge in [0.25, 0.3) is 5.91 Å². The van der Waals surface area contributed by atoms with Crippen LogP contribution in [0.5, 0.6) is 0 Å². The highest BCUT2D eigenvalue weighted by molar-refractivity contribution is 5.91. The maximum atomic E-state index is 11.8. The van der Waals surface area contributed by atoms with Crippen LogP contribution in [-0.4, -0.2) is 15.9 Å². The topological polar surface area (TPSA) is 54.9 Å². The highest BCUT2D eigenvalue weighted by atomic mass is 16.1. The number of carbonyl (C=O) groups is 1. The van der Waals surface area contributed by atoms with Gasteiger partial charge in [-0.15, -0.1) is 0 Å². The molecule has 1 N–H and O–H groups in total. The van der Waals surface area contributed by atoms with Crippen LogP contribution in [0.2, 0.25) is 0 Å². The van der Waals surface area contributed by atoms with Crippen LogP contribution < -0.4 is 5.32 Å². The zero-order chi connectivity index (χ0) is 13.5. The molecule has 0 atom stereocenters. The van der Waals surface area contributed by atoms with Gasteiger partial charge in [-0.25, -0.2) is 4.98 Å². The summed E-state index contributed by atoms with van der Waals surface area (Å²) in [6.45, 7) is 2.66. The molecule has 0 aliphatic heterocycles. The standard InChI is InChI=1S/C15H17N3O/c1-2-3-12-4-6-13(7-5-12)10-18-15(19)14-11-16-8-9-17-14/h4-9,11H,2-3,10H2,1H3,(H,18,19). The van der Waals surface area contributed by atoms with E-state index in [2.05, 4.69) is 34.3 Å². The average Bonchev–Trinajstić information content (AvgIpc) is 2.47. The van der Waals surface area contributed by atoms with Gasteiger partial charge in [0, 0.05) is 18.9 Å². The van der Waals surface area contributed by atoms with Gasteiger partial charge in [-0.3, -0.25) is 9.78 Å². The number of aromatic nitrogens is 2. The monoisotopic (exact) mass is 255 g/mol. The van der Waals surface area contributed by atoms with Gasteiger partial charge in [0.05, 0.1) is 6.20 Å². The fourth-order valence-corrected chi connectivity index (χ4v) is 1.80. The molecule has 0 aliphatic carbocycles. The number of nitrogens with zero attached hydrogens (tertiary/aromatic N) is 2. The second-order valence-electron chi connectivity index (χ2n) is 4.34. The SMILES string of the molecule is CCCc1ccc(CNC(=O)c2cnccn2)cc1. The second-order valence-corrected chi connectivity index (χ2v) is 4.34. The summed E-state index contributed by atoms with van der Waals surface area (Å²) in [4.78, 5) is 19.6. The number of hydrogen-bond acceptors (Lipinski definition) is 3. The Labute approximate surface area is 112 Å². The van der Waals surface area contributed by atoms with Crippen LogP contribution in [0.25, 0.3) is 0 Å². The van der Waals surface area contributed by atoms with E-state index in [1.54, 1.807) is 6.20 Å². The first-order valence-electron chi connectivity index (χ1n) is 6.41. The third-order valence-electron chi connectivity index (χ3n) is 2.81. The summed E-state index contributed by atoms with van der Waals surface area (Å²) in [5.74, 6) is -0.203. The molecule has 0 aliphatic rings. The van der Waals surface area contributed by atoms with Crippen molar-refractivity contribution in [1.82, 2.24) is 15.3 Å². The zero-order valence-electron chi connectivity index (χ0n) is 11.0. The van der Waals surface area contributed by atoms with E-state index in [1.807, 2.05) is 12.1 Å². The van der Waals surface area contributed by atoms with Crippen LogP contribution in [0.4, 0.5) is 0 Å². The lowest BCUT2D eigenvalue weighted by atomic mass is 10.1. The molecule has 0 unspecified atom stereocenters. The second kappa shape index (κ2) is 6.64. The predicted molar refractivity (Wildman–Crippen MR) is 73.6 cm³/mol. The van der Waals surface area contributed by atoms with Crippen LogP contribution in [0, 0.1) is 0 Å². The Morgan fingerprint density at radius 1 is 1.16 bits per heavy atom. The van der Waals surface area contributed by atoms with E-state index < -0.39 is 0 Å². The molecule has 1 aromatic heterocycles. The summed E-state index contributed by atoms with van der Waals surface area (Å²) >= 11 is 0. The highest BCUT2D eigenvalue weighted by Crippen LogP contribution is 2.06. The van der Waals surface area contributed by atoms with Gasteiger partial charge in [0.1, 0.15) is 5.69 Å². The summed E-state index contributed by atoms with van der Waals surface area (Å²) in [5.41, 5.74) is 2.74. The fraction of sp³-hybridized carbons (Fsp3) is 0.267. The van der Waals surface area contributed by atoms with Gasteiger partial charge >= 0.3 is 0 Å². The van der Waals surface area contributed by atoms with E-state index in [4.69, 9.17) is 0 Å². The van der Waals surface area contributed by atoms with Gasteiger partial charge in [0.2, 0.25) is 0 Å². The van der Waals surface area contributed by atoms with Crippen molar-refractivity contribution in [3.8, 4) is 0 Å². The zero-order valence-corrected chi connectivity index (χ0v) is 11.0. The van der Waals surface area contributed by atoms with Crippen LogP contribution >= 0.6 is 0 Å². The molecule has 0 bridgehead atoms. The minimum Gasteiger partial charge on any atom is -0.347 e. The van der Waals surface area contributed by atoms with Crippen molar-refractivity contribution in [1.29, 1.82) is 0 Å². The highest BCUT2D eigenvalue weighted by Gasteiger charge is 2.05. The Kier molecular flexibility index (Phi) is 4.61. The molecular weight excluding hydrogens is 238 g/mol. The van der Waals surface area contributed by atoms with Crippen molar-refractivity contribution in [3.05, 3.63) is 59.7 Å². The van der Waals surface area contributed by atoms with Crippen LogP contribution in [0.1, 0.15) is 35.0 Å². The number of benzene rings is 1. The molecule has 4 heteroatoms. The molecular formula is C15H17N3O. The molecule has 1 amide bonds. The minimum atomic E-state index is -0.203. The average molecular weight is 255 g/mol. The quantitative estimate of drug-likeness (QED) is 0.892. The lowest BCUT2D eigenvalue weighted by Crippen LogP contribution is -2.23. The third-order valence-corrected chi connectivity index (χ3v) is 2.81. The first-order valence-corrected chi connectivity index (χ1v) is 6.41. The number of aryl methyl sites for hydroxylation is 1. The molecule has 2 rings (SSSR count). The molecule has 0 fully saturated rings. The number of amides is 1. The number of rotatable bonds is 5. The molecule has 2 aromatic rings. The Hall–Kier alpha value is -2.23. The van der Waals surface area contributed by atoms with Crippen LogP contribution in [0.3, 0.4) is 0 Å². The molecule has 1 heterocycles. The maximum absolute atomic E-state index is 11.8. The van der Waals surface area contributed by atoms with Crippen molar-refractivity contribution in [2.75, 3.05) is 0 Å². The van der Waals surface area contributed by atoms with E-state index in [1.165, 1.54) is 18.0 Å². The first-order chi connectivity index (χ1) is 9.29. The molecule has 0 radical (unpaired) electrons. The molecule has 19 heavy (non-hydrogen) atoms. The predicted octanol–water partition coefficient (Wildman–Crippen LogP) is 2.36. The van der Waals surface area contributed by atoms with E-state index >= 15 is 0 Å². The summed E-state index contributed by atoms with van der Waals surface area (Å²) < 4.78 is 0. The largest absolute Gasteiger partial charge is 0.347 e. The normalized spacial score (nSPS) is 10.2. The number of hydrogen-bond donors (Lipinski definition) is 1. The van der Waals surface area contributed by atoms with Crippen molar-refractivity contribution in [3.63, 3.8) is 0 Å². The van der Waals surface area contributed by atoms with Gasteiger partial charge in [0.15, 0.2) is 0 Å². The van der Waals surface area contributed by atoms with Gasteiger partial charge in [-0.1, -0.05) is 37.6 Å². The van der Waals surface area contributed by atoms with Gasteiger partial charge < -0.3 is 5.32 Å². The van der Waals surface area contributed by atoms with Crippen LogP contribution in [0.15, 0.2) is 42.9 Å². The molecule has 98 valence electrons. The summed E-state index contributed by atoms with van der Waals surface area (Å²) in [7, 11) is 0. The maximum Gasteiger partial charge on any atom is 0.271 e. The molecule has 0 saturated heterocycles. The van der Waals surface area contributed by atoms with Crippen molar-refractivity contribution in [2.24, 2.45) is 0 Å². The van der Waals surface area contributed by atoms with E-state index in [0.717, 1.165) is 18.4 Å². The molecule has 0 spiro atoms. The van der Waals surface area contributed by atoms with Crippen LogP contribution in [-0.2, 0) is 13.0 Å². The number of nitrogens with one attached hydrogen (secondary N) is 1. The van der Waals surface area contributed by atoms with Crippen molar-refractivity contribution < 1.29 is 4.79 Å². The summed E-state index contributed by atoms with van der Waals surface area (Å²) in [5, 5.41) is 2.83. The Morgan fingerprint density at radius 3 is 2.53 bits per heavy atom. The number of carbonyl (C=O) groups excluding carboxylic acids is 1. The van der Waals surface area contributed by atoms with Gasteiger partial charge in [-0.05, 0) is 17.5 Å². The summed E-state index contributed by atoms with van der Waals surface area (Å²) in [6, 6.07) is 8.30. The Bertz CT molecular complexity index is 523. The summed E-state index contributed by atoms with van der Waals surface area (Å²) in [6.07, 6.45) is 6.74. The molecule has 1 aromatic carbocycles. The molecule has 4 nitrogen and oxygen atoms in total. The van der Waals surface area contributed by atoms with Crippen molar-refractivity contribution >= 4 is 5.91 Å². The van der Waals surface area contributed by atoms with E-state index in [-0.39, 0.29) is 5.91 Å². The van der Waals surface area contributed by atoms with Crippen molar-refractivity contribution in [2.45, 2.75) is 26.3 Å². The smallest absolute Gasteiger partial charge is 0.271 e. The molecule has 0 saturated carbocycles.